The standard InChI is InChI=1S/C17H22F2N4OS2/c1-12-4-5-14(24-15(18)19)13(10-12)11-23-16(20-2)21-6-3-8-25-17-22-7-9-26-17/h4-5,7,9-10,15H,3,6,8,11H2,1-2H3,(H2,20,21,23). The van der Waals surface area contributed by atoms with Crippen LogP contribution in [-0.2, 0) is 6.54 Å². The second-order valence-corrected chi connectivity index (χ2v) is 7.58. The maximum absolute atomic E-state index is 12.5. The second kappa shape index (κ2) is 11.0. The van der Waals surface area contributed by atoms with Gasteiger partial charge >= 0.3 is 6.61 Å². The highest BCUT2D eigenvalue weighted by molar-refractivity contribution is 8.00. The SMILES string of the molecule is CN=C(NCCCSc1nccs1)NCc1cc(C)ccc1OC(F)F. The van der Waals surface area contributed by atoms with Crippen molar-refractivity contribution in [3.8, 4) is 5.75 Å². The predicted octanol–water partition coefficient (Wildman–Crippen LogP) is 3.90. The molecule has 0 fully saturated rings. The van der Waals surface area contributed by atoms with Crippen molar-refractivity contribution in [2.24, 2.45) is 4.99 Å². The molecule has 0 aliphatic carbocycles. The van der Waals surface area contributed by atoms with Gasteiger partial charge in [-0.3, -0.25) is 4.99 Å². The van der Waals surface area contributed by atoms with Crippen LogP contribution in [0.15, 0.2) is 39.1 Å². The maximum Gasteiger partial charge on any atom is 0.387 e. The molecule has 0 spiro atoms. The molecule has 0 aliphatic heterocycles. The number of thioether (sulfide) groups is 1. The van der Waals surface area contributed by atoms with E-state index >= 15 is 0 Å². The Balaban J connectivity index is 1.76. The number of aryl methyl sites for hydroxylation is 1. The Kier molecular flexibility index (Phi) is 8.63. The first-order chi connectivity index (χ1) is 12.6. The maximum atomic E-state index is 12.5. The van der Waals surface area contributed by atoms with Crippen molar-refractivity contribution in [2.75, 3.05) is 19.3 Å². The lowest BCUT2D eigenvalue weighted by Crippen LogP contribution is -2.37. The number of guanidine groups is 1. The number of nitrogens with zero attached hydrogens (tertiary/aromatic N) is 2. The molecule has 2 aromatic rings. The normalized spacial score (nSPS) is 11.7. The van der Waals surface area contributed by atoms with Crippen molar-refractivity contribution in [1.29, 1.82) is 0 Å². The molecular formula is C17H22F2N4OS2. The van der Waals surface area contributed by atoms with Crippen molar-refractivity contribution >= 4 is 29.1 Å². The lowest BCUT2D eigenvalue weighted by Gasteiger charge is -2.15. The van der Waals surface area contributed by atoms with Crippen molar-refractivity contribution in [3.05, 3.63) is 40.9 Å². The number of halogens is 2. The monoisotopic (exact) mass is 400 g/mol. The molecule has 2 N–H and O–H groups in total. The van der Waals surface area contributed by atoms with Crippen LogP contribution in [0.3, 0.4) is 0 Å². The van der Waals surface area contributed by atoms with Gasteiger partial charge in [0.25, 0.3) is 0 Å². The van der Waals surface area contributed by atoms with Crippen LogP contribution in [0.25, 0.3) is 0 Å². The van der Waals surface area contributed by atoms with Crippen LogP contribution in [-0.4, -0.2) is 36.9 Å². The Bertz CT molecular complexity index is 696. The van der Waals surface area contributed by atoms with Crippen molar-refractivity contribution in [1.82, 2.24) is 15.6 Å². The van der Waals surface area contributed by atoms with Crippen LogP contribution >= 0.6 is 23.1 Å². The number of benzene rings is 1. The Morgan fingerprint density at radius 1 is 1.38 bits per heavy atom. The summed E-state index contributed by atoms with van der Waals surface area (Å²) >= 11 is 3.36. The van der Waals surface area contributed by atoms with Crippen LogP contribution < -0.4 is 15.4 Å². The summed E-state index contributed by atoms with van der Waals surface area (Å²) in [6.45, 7) is 0.163. The zero-order valence-corrected chi connectivity index (χ0v) is 16.3. The Morgan fingerprint density at radius 2 is 2.23 bits per heavy atom. The molecule has 0 amide bonds. The van der Waals surface area contributed by atoms with Gasteiger partial charge in [-0.25, -0.2) is 4.98 Å². The number of hydrogen-bond acceptors (Lipinski definition) is 5. The van der Waals surface area contributed by atoms with Crippen molar-refractivity contribution < 1.29 is 13.5 Å². The highest BCUT2D eigenvalue weighted by Crippen LogP contribution is 2.22. The van der Waals surface area contributed by atoms with Crippen LogP contribution in [0.1, 0.15) is 17.5 Å². The Hall–Kier alpha value is -1.87. The average molecular weight is 401 g/mol. The molecule has 142 valence electrons. The van der Waals surface area contributed by atoms with Gasteiger partial charge in [0.2, 0.25) is 0 Å². The molecule has 0 atom stereocenters. The molecule has 0 aliphatic rings. The quantitative estimate of drug-likeness (QED) is 0.289. The van der Waals surface area contributed by atoms with Crippen LogP contribution in [0, 0.1) is 6.92 Å². The van der Waals surface area contributed by atoms with Gasteiger partial charge < -0.3 is 15.4 Å². The van der Waals surface area contributed by atoms with E-state index in [1.54, 1.807) is 48.5 Å². The van der Waals surface area contributed by atoms with Gasteiger partial charge in [-0.1, -0.05) is 29.5 Å². The first kappa shape index (κ1) is 20.4. The summed E-state index contributed by atoms with van der Waals surface area (Å²) < 4.78 is 30.7. The van der Waals surface area contributed by atoms with E-state index in [0.717, 1.165) is 28.6 Å². The molecule has 1 aromatic carbocycles. The number of hydrogen-bond donors (Lipinski definition) is 2. The van der Waals surface area contributed by atoms with E-state index in [1.165, 1.54) is 0 Å². The van der Waals surface area contributed by atoms with E-state index in [1.807, 2.05) is 18.4 Å². The number of nitrogens with one attached hydrogen (secondary N) is 2. The van der Waals surface area contributed by atoms with E-state index in [-0.39, 0.29) is 5.75 Å². The summed E-state index contributed by atoms with van der Waals surface area (Å²) in [6.07, 6.45) is 2.75. The molecule has 0 saturated heterocycles. The van der Waals surface area contributed by atoms with Crippen molar-refractivity contribution in [2.45, 2.75) is 30.8 Å². The minimum atomic E-state index is -2.84. The smallest absolute Gasteiger partial charge is 0.387 e. The summed E-state index contributed by atoms with van der Waals surface area (Å²) in [4.78, 5) is 8.38. The fourth-order valence-corrected chi connectivity index (χ4v) is 3.82. The molecule has 0 saturated carbocycles. The van der Waals surface area contributed by atoms with E-state index in [0.29, 0.717) is 18.1 Å². The van der Waals surface area contributed by atoms with Gasteiger partial charge in [0, 0.05) is 43.0 Å². The lowest BCUT2D eigenvalue weighted by molar-refractivity contribution is -0.0504. The number of ether oxygens (including phenoxy) is 1. The van der Waals surface area contributed by atoms with Gasteiger partial charge in [-0.15, -0.1) is 11.3 Å². The highest BCUT2D eigenvalue weighted by atomic mass is 32.2. The van der Waals surface area contributed by atoms with Crippen LogP contribution in [0.4, 0.5) is 8.78 Å². The number of aromatic nitrogens is 1. The molecule has 26 heavy (non-hydrogen) atoms. The van der Waals surface area contributed by atoms with E-state index in [2.05, 4.69) is 25.3 Å². The van der Waals surface area contributed by atoms with E-state index in [9.17, 15) is 8.78 Å². The fraction of sp³-hybridized carbons (Fsp3) is 0.412. The first-order valence-corrected chi connectivity index (χ1v) is 9.96. The van der Waals surface area contributed by atoms with E-state index < -0.39 is 6.61 Å². The minimum Gasteiger partial charge on any atom is -0.434 e. The van der Waals surface area contributed by atoms with Gasteiger partial charge in [0.05, 0.1) is 0 Å². The Morgan fingerprint density at radius 3 is 2.92 bits per heavy atom. The number of thiazole rings is 1. The zero-order chi connectivity index (χ0) is 18.8. The first-order valence-electron chi connectivity index (χ1n) is 8.09. The van der Waals surface area contributed by atoms with Gasteiger partial charge in [-0.05, 0) is 19.4 Å². The third-order valence-corrected chi connectivity index (χ3v) is 5.40. The number of alkyl halides is 2. The lowest BCUT2D eigenvalue weighted by atomic mass is 10.1. The number of rotatable bonds is 9. The minimum absolute atomic E-state index is 0.174. The Labute approximate surface area is 160 Å². The molecule has 5 nitrogen and oxygen atoms in total. The molecule has 1 aromatic heterocycles. The summed E-state index contributed by atoms with van der Waals surface area (Å²) in [7, 11) is 1.67. The summed E-state index contributed by atoms with van der Waals surface area (Å²) in [5.41, 5.74) is 1.64. The van der Waals surface area contributed by atoms with Gasteiger partial charge in [-0.2, -0.15) is 8.78 Å². The second-order valence-electron chi connectivity index (χ2n) is 5.34. The topological polar surface area (TPSA) is 58.5 Å². The molecule has 1 heterocycles. The molecule has 0 bridgehead atoms. The summed E-state index contributed by atoms with van der Waals surface area (Å²) in [5.74, 6) is 1.75. The largest absolute Gasteiger partial charge is 0.434 e. The fourth-order valence-electron chi connectivity index (χ4n) is 2.18. The van der Waals surface area contributed by atoms with Gasteiger partial charge in [0.15, 0.2) is 5.96 Å². The highest BCUT2D eigenvalue weighted by Gasteiger charge is 2.10. The van der Waals surface area contributed by atoms with Crippen molar-refractivity contribution in [3.63, 3.8) is 0 Å². The molecule has 0 radical (unpaired) electrons. The van der Waals surface area contributed by atoms with Gasteiger partial charge in [0.1, 0.15) is 10.1 Å². The molecule has 9 heteroatoms. The summed E-state index contributed by atoms with van der Waals surface area (Å²) in [5, 5.41) is 8.30. The molecule has 2 rings (SSSR count). The third kappa shape index (κ3) is 7.17. The van der Waals surface area contributed by atoms with Crippen LogP contribution in [0.2, 0.25) is 0 Å². The summed E-state index contributed by atoms with van der Waals surface area (Å²) in [6, 6.07) is 5.13. The predicted molar refractivity (Wildman–Crippen MR) is 103 cm³/mol. The molecular weight excluding hydrogens is 378 g/mol. The average Bonchev–Trinajstić information content (AvgIpc) is 3.12. The number of aliphatic imine (C=N–C) groups is 1. The van der Waals surface area contributed by atoms with E-state index in [4.69, 9.17) is 0 Å². The third-order valence-electron chi connectivity index (χ3n) is 3.35. The zero-order valence-electron chi connectivity index (χ0n) is 14.7. The van der Waals surface area contributed by atoms with Crippen LogP contribution in [0.5, 0.6) is 5.75 Å². The molecule has 0 unspecified atom stereocenters.